The number of hydrogen-bond donors (Lipinski definition) is 2. The van der Waals surface area contributed by atoms with Gasteiger partial charge in [0.25, 0.3) is 11.5 Å². The Kier molecular flexibility index (Phi) is 5.34. The number of aromatic amines is 1. The van der Waals surface area contributed by atoms with Crippen LogP contribution in [0.15, 0.2) is 41.3 Å². The summed E-state index contributed by atoms with van der Waals surface area (Å²) in [5.74, 6) is 0.861. The van der Waals surface area contributed by atoms with Crippen LogP contribution >= 0.6 is 0 Å². The van der Waals surface area contributed by atoms with Crippen LogP contribution in [0.5, 0.6) is 5.75 Å². The van der Waals surface area contributed by atoms with Gasteiger partial charge in [0.2, 0.25) is 0 Å². The highest BCUT2D eigenvalue weighted by Gasteiger charge is 2.38. The molecule has 1 aromatic carbocycles. The van der Waals surface area contributed by atoms with E-state index in [0.717, 1.165) is 32.4 Å². The van der Waals surface area contributed by atoms with E-state index in [9.17, 15) is 14.0 Å². The highest BCUT2D eigenvalue weighted by atomic mass is 19.1. The average molecular weight is 437 g/mol. The molecule has 0 bridgehead atoms. The fourth-order valence-corrected chi connectivity index (χ4v) is 4.61. The highest BCUT2D eigenvalue weighted by Crippen LogP contribution is 2.37. The lowest BCUT2D eigenvalue weighted by Gasteiger charge is -2.42. The molecule has 1 saturated carbocycles. The van der Waals surface area contributed by atoms with Crippen LogP contribution in [0.3, 0.4) is 0 Å². The van der Waals surface area contributed by atoms with Gasteiger partial charge in [-0.15, -0.1) is 0 Å². The first kappa shape index (κ1) is 20.6. The van der Waals surface area contributed by atoms with Crippen LogP contribution in [-0.2, 0) is 0 Å². The Balaban J connectivity index is 1.17. The number of carbonyl (C=O) groups is 1. The first-order chi connectivity index (χ1) is 15.5. The maximum Gasteiger partial charge on any atom is 0.269 e. The Morgan fingerprint density at radius 1 is 1.25 bits per heavy atom. The zero-order valence-corrected chi connectivity index (χ0v) is 17.7. The molecule has 1 saturated heterocycles. The molecular weight excluding hydrogens is 413 g/mol. The SMILES string of the molecule is CNC(=O)c1ccc(OC2CN([C@@H]3CC[C@@H](c4nc5ccc(F)cc5c(=O)[nH]4)C3)C2)cn1. The third kappa shape index (κ3) is 3.95. The first-order valence-electron chi connectivity index (χ1n) is 10.8. The standard InChI is InChI=1S/C23H24FN5O3/c1-25-23(31)20-7-5-16(10-26-20)32-17-11-29(12-17)15-4-2-13(8-15)21-27-19-6-3-14(24)9-18(19)22(30)28-21/h3,5-7,9-10,13,15,17H,2,4,8,11-12H2,1H3,(H,25,31)(H,27,28,30)/t13-,15-/m1/s1. The van der Waals surface area contributed by atoms with Gasteiger partial charge >= 0.3 is 0 Å². The van der Waals surface area contributed by atoms with Crippen molar-refractivity contribution in [2.45, 2.75) is 37.3 Å². The number of carbonyl (C=O) groups excluding carboxylic acids is 1. The molecule has 2 aromatic heterocycles. The van der Waals surface area contributed by atoms with E-state index in [1.807, 2.05) is 0 Å². The fourth-order valence-electron chi connectivity index (χ4n) is 4.61. The maximum absolute atomic E-state index is 13.4. The van der Waals surface area contributed by atoms with Gasteiger partial charge < -0.3 is 15.0 Å². The predicted octanol–water partition coefficient (Wildman–Crippen LogP) is 2.22. The molecule has 2 atom stereocenters. The summed E-state index contributed by atoms with van der Waals surface area (Å²) >= 11 is 0. The lowest BCUT2D eigenvalue weighted by molar-refractivity contribution is -0.00795. The summed E-state index contributed by atoms with van der Waals surface area (Å²) in [6, 6.07) is 7.95. The molecule has 3 heterocycles. The van der Waals surface area contributed by atoms with Crippen molar-refractivity contribution < 1.29 is 13.9 Å². The van der Waals surface area contributed by atoms with Crippen LogP contribution in [0.25, 0.3) is 10.9 Å². The monoisotopic (exact) mass is 437 g/mol. The van der Waals surface area contributed by atoms with Crippen LogP contribution in [0.4, 0.5) is 4.39 Å². The van der Waals surface area contributed by atoms with Crippen LogP contribution < -0.4 is 15.6 Å². The number of likely N-dealkylation sites (tertiary alicyclic amines) is 1. The molecule has 32 heavy (non-hydrogen) atoms. The van der Waals surface area contributed by atoms with Crippen molar-refractivity contribution in [3.63, 3.8) is 0 Å². The van der Waals surface area contributed by atoms with Crippen molar-refractivity contribution in [1.29, 1.82) is 0 Å². The zero-order chi connectivity index (χ0) is 22.2. The van der Waals surface area contributed by atoms with Gasteiger partial charge in [0.15, 0.2) is 0 Å². The number of halogens is 1. The van der Waals surface area contributed by atoms with Crippen LogP contribution in [-0.4, -0.2) is 58.0 Å². The number of nitrogens with zero attached hydrogens (tertiary/aromatic N) is 3. The number of ether oxygens (including phenoxy) is 1. The van der Waals surface area contributed by atoms with E-state index in [-0.39, 0.29) is 28.9 Å². The molecule has 0 radical (unpaired) electrons. The lowest BCUT2D eigenvalue weighted by atomic mass is 10.0. The number of aromatic nitrogens is 3. The van der Waals surface area contributed by atoms with E-state index < -0.39 is 5.82 Å². The predicted molar refractivity (Wildman–Crippen MR) is 116 cm³/mol. The molecule has 166 valence electrons. The van der Waals surface area contributed by atoms with Gasteiger partial charge in [-0.1, -0.05) is 0 Å². The van der Waals surface area contributed by atoms with Crippen molar-refractivity contribution >= 4 is 16.8 Å². The van der Waals surface area contributed by atoms with Crippen molar-refractivity contribution in [2.24, 2.45) is 0 Å². The molecular formula is C23H24FN5O3. The molecule has 3 aromatic rings. The number of hydrogen-bond acceptors (Lipinski definition) is 6. The topological polar surface area (TPSA) is 100 Å². The number of nitrogens with one attached hydrogen (secondary N) is 2. The Bertz CT molecular complexity index is 1210. The molecule has 5 rings (SSSR count). The minimum Gasteiger partial charge on any atom is -0.486 e. The molecule has 0 spiro atoms. The Hall–Kier alpha value is -3.33. The minimum atomic E-state index is -0.439. The molecule has 9 heteroatoms. The van der Waals surface area contributed by atoms with Crippen LogP contribution in [0.1, 0.15) is 41.5 Å². The number of pyridine rings is 1. The Labute approximate surface area is 183 Å². The van der Waals surface area contributed by atoms with E-state index in [2.05, 4.69) is 25.2 Å². The first-order valence-corrected chi connectivity index (χ1v) is 10.8. The summed E-state index contributed by atoms with van der Waals surface area (Å²) in [5, 5.41) is 2.82. The second-order valence-electron chi connectivity index (χ2n) is 8.43. The van der Waals surface area contributed by atoms with E-state index in [1.165, 1.54) is 12.1 Å². The molecule has 1 aliphatic heterocycles. The second-order valence-corrected chi connectivity index (χ2v) is 8.43. The van der Waals surface area contributed by atoms with Gasteiger partial charge in [0.1, 0.15) is 29.2 Å². The number of rotatable bonds is 5. The summed E-state index contributed by atoms with van der Waals surface area (Å²) < 4.78 is 19.4. The normalized spacial score (nSPS) is 21.4. The smallest absolute Gasteiger partial charge is 0.269 e. The van der Waals surface area contributed by atoms with Crippen molar-refractivity contribution in [3.05, 3.63) is 64.2 Å². The van der Waals surface area contributed by atoms with Gasteiger partial charge in [0, 0.05) is 32.1 Å². The van der Waals surface area contributed by atoms with Gasteiger partial charge in [-0.25, -0.2) is 14.4 Å². The summed E-state index contributed by atoms with van der Waals surface area (Å²) in [7, 11) is 1.57. The summed E-state index contributed by atoms with van der Waals surface area (Å²) in [6.07, 6.45) is 4.57. The number of H-pyrrole nitrogens is 1. The van der Waals surface area contributed by atoms with Gasteiger partial charge in [0.05, 0.1) is 17.1 Å². The van der Waals surface area contributed by atoms with E-state index >= 15 is 0 Å². The lowest BCUT2D eigenvalue weighted by Crippen LogP contribution is -2.57. The molecule has 8 nitrogen and oxygen atoms in total. The second kappa shape index (κ2) is 8.31. The van der Waals surface area contributed by atoms with Crippen molar-refractivity contribution in [3.8, 4) is 5.75 Å². The Morgan fingerprint density at radius 2 is 2.09 bits per heavy atom. The zero-order valence-electron chi connectivity index (χ0n) is 17.7. The van der Waals surface area contributed by atoms with Crippen LogP contribution in [0.2, 0.25) is 0 Å². The Morgan fingerprint density at radius 3 is 2.84 bits per heavy atom. The fraction of sp³-hybridized carbons (Fsp3) is 0.391. The third-order valence-electron chi connectivity index (χ3n) is 6.37. The summed E-state index contributed by atoms with van der Waals surface area (Å²) in [6.45, 7) is 1.66. The van der Waals surface area contributed by atoms with E-state index in [0.29, 0.717) is 28.8 Å². The number of amides is 1. The minimum absolute atomic E-state index is 0.0928. The molecule has 2 aliphatic rings. The average Bonchev–Trinajstić information content (AvgIpc) is 3.26. The largest absolute Gasteiger partial charge is 0.486 e. The molecule has 2 fully saturated rings. The van der Waals surface area contributed by atoms with E-state index in [1.54, 1.807) is 31.4 Å². The molecule has 2 N–H and O–H groups in total. The maximum atomic E-state index is 13.4. The van der Waals surface area contributed by atoms with Gasteiger partial charge in [-0.05, 0) is 49.6 Å². The van der Waals surface area contributed by atoms with Crippen LogP contribution in [0, 0.1) is 5.82 Å². The number of benzene rings is 1. The molecule has 1 amide bonds. The number of fused-ring (bicyclic) bond motifs is 1. The highest BCUT2D eigenvalue weighted by molar-refractivity contribution is 5.92. The van der Waals surface area contributed by atoms with Gasteiger partial charge in [-0.3, -0.25) is 14.5 Å². The quantitative estimate of drug-likeness (QED) is 0.635. The summed E-state index contributed by atoms with van der Waals surface area (Å²) in [4.78, 5) is 37.9. The molecule has 0 unspecified atom stereocenters. The van der Waals surface area contributed by atoms with Crippen molar-refractivity contribution in [2.75, 3.05) is 20.1 Å². The van der Waals surface area contributed by atoms with E-state index in [4.69, 9.17) is 4.74 Å². The third-order valence-corrected chi connectivity index (χ3v) is 6.37. The van der Waals surface area contributed by atoms with Crippen molar-refractivity contribution in [1.82, 2.24) is 25.2 Å². The summed E-state index contributed by atoms with van der Waals surface area (Å²) in [5.41, 5.74) is 0.598. The van der Waals surface area contributed by atoms with Gasteiger partial charge in [-0.2, -0.15) is 0 Å². The molecule has 1 aliphatic carbocycles.